The molecule has 1 rings (SSSR count). The lowest BCUT2D eigenvalue weighted by molar-refractivity contribution is 0.131. The number of nitrogens with zero attached hydrogens (tertiary/aromatic N) is 3. The Morgan fingerprint density at radius 2 is 2.12 bits per heavy atom. The van der Waals surface area contributed by atoms with E-state index < -0.39 is 0 Å². The van der Waals surface area contributed by atoms with Crippen LogP contribution in [0.1, 0.15) is 32.8 Å². The van der Waals surface area contributed by atoms with Gasteiger partial charge in [0.15, 0.2) is 0 Å². The normalized spacial score (nSPS) is 17.1. The van der Waals surface area contributed by atoms with Crippen LogP contribution in [0.15, 0.2) is 12.4 Å². The van der Waals surface area contributed by atoms with E-state index >= 15 is 0 Å². The lowest BCUT2D eigenvalue weighted by Crippen LogP contribution is -2.55. The van der Waals surface area contributed by atoms with Crippen molar-refractivity contribution in [3.05, 3.63) is 18.0 Å². The topological polar surface area (TPSA) is 47.1 Å². The van der Waals surface area contributed by atoms with E-state index in [0.717, 1.165) is 19.4 Å². The third-order valence-corrected chi connectivity index (χ3v) is 4.00. The summed E-state index contributed by atoms with van der Waals surface area (Å²) in [6, 6.07) is 0.122. The molecule has 2 N–H and O–H groups in total. The predicted octanol–water partition coefficient (Wildman–Crippen LogP) is 1.50. The molecule has 0 spiro atoms. The number of likely N-dealkylation sites (N-methyl/N-ethyl adjacent to an activating group) is 1. The Bertz CT molecular complexity index is 345. The zero-order valence-electron chi connectivity index (χ0n) is 11.8. The van der Waals surface area contributed by atoms with Crippen molar-refractivity contribution in [1.29, 1.82) is 0 Å². The van der Waals surface area contributed by atoms with Crippen LogP contribution in [-0.2, 0) is 13.0 Å². The van der Waals surface area contributed by atoms with Gasteiger partial charge in [-0.3, -0.25) is 4.68 Å². The minimum absolute atomic E-state index is 0.0360. The van der Waals surface area contributed by atoms with Gasteiger partial charge in [0, 0.05) is 24.3 Å². The van der Waals surface area contributed by atoms with E-state index in [9.17, 15) is 0 Å². The van der Waals surface area contributed by atoms with E-state index in [-0.39, 0.29) is 11.6 Å². The van der Waals surface area contributed by atoms with Gasteiger partial charge in [0.1, 0.15) is 0 Å². The number of hydrogen-bond donors (Lipinski definition) is 1. The molecular weight excluding hydrogens is 212 g/mol. The molecule has 0 radical (unpaired) electrons. The van der Waals surface area contributed by atoms with E-state index in [2.05, 4.69) is 51.1 Å². The molecular formula is C13H26N4. The molecule has 0 amide bonds. The van der Waals surface area contributed by atoms with Crippen LogP contribution in [0.4, 0.5) is 0 Å². The van der Waals surface area contributed by atoms with Gasteiger partial charge in [-0.15, -0.1) is 0 Å². The Hall–Kier alpha value is -0.870. The molecule has 4 nitrogen and oxygen atoms in total. The predicted molar refractivity (Wildman–Crippen MR) is 72.0 cm³/mol. The molecule has 0 saturated carbocycles. The number of rotatable bonds is 6. The van der Waals surface area contributed by atoms with Gasteiger partial charge < -0.3 is 10.6 Å². The molecule has 2 unspecified atom stereocenters. The van der Waals surface area contributed by atoms with Crippen molar-refractivity contribution < 1.29 is 0 Å². The molecule has 2 atom stereocenters. The minimum Gasteiger partial charge on any atom is -0.326 e. The summed E-state index contributed by atoms with van der Waals surface area (Å²) < 4.78 is 1.95. The van der Waals surface area contributed by atoms with Crippen molar-refractivity contribution in [2.75, 3.05) is 14.1 Å². The SMILES string of the molecule is CCn1cc(CC(N)C(C)(CC)N(C)C)cn1. The van der Waals surface area contributed by atoms with E-state index in [1.54, 1.807) is 0 Å². The standard InChI is InChI=1S/C13H26N4/c1-6-13(3,16(4)5)12(14)8-11-9-15-17(7-2)10-11/h9-10,12H,6-8,14H2,1-5H3. The zero-order chi connectivity index (χ0) is 13.1. The second kappa shape index (κ2) is 5.65. The van der Waals surface area contributed by atoms with E-state index in [0.29, 0.717) is 0 Å². The van der Waals surface area contributed by atoms with Gasteiger partial charge >= 0.3 is 0 Å². The molecule has 0 aliphatic carbocycles. The Balaban J connectivity index is 2.73. The number of nitrogens with two attached hydrogens (primary N) is 1. The minimum atomic E-state index is 0.0360. The van der Waals surface area contributed by atoms with Crippen molar-refractivity contribution in [3.8, 4) is 0 Å². The zero-order valence-corrected chi connectivity index (χ0v) is 11.8. The fourth-order valence-electron chi connectivity index (χ4n) is 2.07. The van der Waals surface area contributed by atoms with Crippen LogP contribution < -0.4 is 5.73 Å². The molecule has 1 aromatic rings. The van der Waals surface area contributed by atoms with E-state index in [1.165, 1.54) is 5.56 Å². The maximum atomic E-state index is 6.37. The van der Waals surface area contributed by atoms with Gasteiger partial charge in [0.25, 0.3) is 0 Å². The van der Waals surface area contributed by atoms with Crippen LogP contribution in [0.25, 0.3) is 0 Å². The van der Waals surface area contributed by atoms with Gasteiger partial charge in [0.2, 0.25) is 0 Å². The highest BCUT2D eigenvalue weighted by atomic mass is 15.3. The average molecular weight is 238 g/mol. The molecule has 4 heteroatoms. The molecule has 0 fully saturated rings. The van der Waals surface area contributed by atoms with Crippen LogP contribution in [0.5, 0.6) is 0 Å². The fourth-order valence-corrected chi connectivity index (χ4v) is 2.07. The summed E-state index contributed by atoms with van der Waals surface area (Å²) in [5, 5.41) is 4.29. The summed E-state index contributed by atoms with van der Waals surface area (Å²) in [4.78, 5) is 2.22. The Morgan fingerprint density at radius 1 is 1.47 bits per heavy atom. The van der Waals surface area contributed by atoms with Crippen molar-refractivity contribution in [2.24, 2.45) is 5.73 Å². The molecule has 1 heterocycles. The van der Waals surface area contributed by atoms with Crippen molar-refractivity contribution in [3.63, 3.8) is 0 Å². The van der Waals surface area contributed by atoms with Gasteiger partial charge in [-0.25, -0.2) is 0 Å². The monoisotopic (exact) mass is 238 g/mol. The molecule has 0 aliphatic rings. The summed E-state index contributed by atoms with van der Waals surface area (Å²) in [7, 11) is 4.19. The van der Waals surface area contributed by atoms with Gasteiger partial charge in [-0.05, 0) is 46.3 Å². The van der Waals surface area contributed by atoms with Gasteiger partial charge in [0.05, 0.1) is 6.20 Å². The first-order chi connectivity index (χ1) is 7.93. The summed E-state index contributed by atoms with van der Waals surface area (Å²) >= 11 is 0. The average Bonchev–Trinajstić information content (AvgIpc) is 2.75. The highest BCUT2D eigenvalue weighted by Gasteiger charge is 2.32. The summed E-state index contributed by atoms with van der Waals surface area (Å²) in [6.07, 6.45) is 5.94. The summed E-state index contributed by atoms with van der Waals surface area (Å²) in [6.45, 7) is 7.41. The smallest absolute Gasteiger partial charge is 0.0522 e. The second-order valence-corrected chi connectivity index (χ2v) is 5.12. The molecule has 1 aromatic heterocycles. The quantitative estimate of drug-likeness (QED) is 0.817. The van der Waals surface area contributed by atoms with Crippen LogP contribution in [0.2, 0.25) is 0 Å². The van der Waals surface area contributed by atoms with Crippen LogP contribution >= 0.6 is 0 Å². The van der Waals surface area contributed by atoms with Crippen LogP contribution in [-0.4, -0.2) is 40.4 Å². The highest BCUT2D eigenvalue weighted by molar-refractivity contribution is 5.09. The van der Waals surface area contributed by atoms with Crippen molar-refractivity contribution in [1.82, 2.24) is 14.7 Å². The third kappa shape index (κ3) is 3.07. The van der Waals surface area contributed by atoms with Gasteiger partial charge in [-0.1, -0.05) is 6.92 Å². The lowest BCUT2D eigenvalue weighted by atomic mass is 9.85. The Kier molecular flexibility index (Phi) is 4.71. The Morgan fingerprint density at radius 3 is 2.53 bits per heavy atom. The van der Waals surface area contributed by atoms with E-state index in [4.69, 9.17) is 5.73 Å². The third-order valence-electron chi connectivity index (χ3n) is 4.00. The molecule has 98 valence electrons. The molecule has 0 saturated heterocycles. The largest absolute Gasteiger partial charge is 0.326 e. The first-order valence-electron chi connectivity index (χ1n) is 6.38. The second-order valence-electron chi connectivity index (χ2n) is 5.12. The molecule has 0 bridgehead atoms. The lowest BCUT2D eigenvalue weighted by Gasteiger charge is -2.40. The number of aromatic nitrogens is 2. The summed E-state index contributed by atoms with van der Waals surface area (Å²) in [5.41, 5.74) is 7.63. The van der Waals surface area contributed by atoms with Crippen LogP contribution in [0, 0.1) is 0 Å². The maximum absolute atomic E-state index is 6.37. The van der Waals surface area contributed by atoms with Crippen molar-refractivity contribution in [2.45, 2.75) is 51.7 Å². The summed E-state index contributed by atoms with van der Waals surface area (Å²) in [5.74, 6) is 0. The van der Waals surface area contributed by atoms with Crippen molar-refractivity contribution >= 4 is 0 Å². The number of aryl methyl sites for hydroxylation is 1. The first kappa shape index (κ1) is 14.2. The molecule has 17 heavy (non-hydrogen) atoms. The Labute approximate surface area is 105 Å². The van der Waals surface area contributed by atoms with Crippen LogP contribution in [0.3, 0.4) is 0 Å². The van der Waals surface area contributed by atoms with E-state index in [1.807, 2.05) is 10.9 Å². The highest BCUT2D eigenvalue weighted by Crippen LogP contribution is 2.22. The number of hydrogen-bond acceptors (Lipinski definition) is 3. The molecule has 0 aromatic carbocycles. The molecule has 0 aliphatic heterocycles. The fraction of sp³-hybridized carbons (Fsp3) is 0.769. The maximum Gasteiger partial charge on any atom is 0.0522 e. The first-order valence-corrected chi connectivity index (χ1v) is 6.38. The van der Waals surface area contributed by atoms with Gasteiger partial charge in [-0.2, -0.15) is 5.10 Å².